The molecule has 0 amide bonds. The highest BCUT2D eigenvalue weighted by Gasteiger charge is 2.12. The molecule has 0 aliphatic carbocycles. The second-order valence-corrected chi connectivity index (χ2v) is 6.79. The van der Waals surface area contributed by atoms with Crippen LogP contribution in [0.5, 0.6) is 0 Å². The van der Waals surface area contributed by atoms with E-state index in [1.807, 2.05) is 12.1 Å². The number of benzene rings is 1. The molecule has 1 aromatic heterocycles. The molecule has 0 aliphatic rings. The van der Waals surface area contributed by atoms with Crippen LogP contribution in [0, 0.1) is 6.92 Å². The van der Waals surface area contributed by atoms with Crippen LogP contribution in [0.4, 0.5) is 0 Å². The van der Waals surface area contributed by atoms with Crippen molar-refractivity contribution >= 4 is 38.9 Å². The molecule has 0 spiro atoms. The van der Waals surface area contributed by atoms with E-state index in [-0.39, 0.29) is 6.04 Å². The maximum atomic E-state index is 5.94. The molecule has 1 heterocycles. The third-order valence-electron chi connectivity index (χ3n) is 2.82. The number of hydrogen-bond donors (Lipinski definition) is 2. The number of hydrogen-bond acceptors (Lipinski definition) is 3. The fourth-order valence-corrected chi connectivity index (χ4v) is 3.20. The quantitative estimate of drug-likeness (QED) is 0.643. The highest BCUT2D eigenvalue weighted by Crippen LogP contribution is 2.27. The molecule has 0 bridgehead atoms. The Kier molecular flexibility index (Phi) is 4.81. The number of nitrogens with one attached hydrogen (secondary N) is 1. The van der Waals surface area contributed by atoms with Gasteiger partial charge >= 0.3 is 0 Å². The molecule has 1 aromatic carbocycles. The van der Waals surface area contributed by atoms with Crippen molar-refractivity contribution < 1.29 is 0 Å². The van der Waals surface area contributed by atoms with Crippen molar-refractivity contribution in [2.75, 3.05) is 0 Å². The minimum atomic E-state index is 0.103. The first-order valence-electron chi connectivity index (χ1n) is 5.56. The smallest absolute Gasteiger partial charge is 0.0931 e. The summed E-state index contributed by atoms with van der Waals surface area (Å²) in [4.78, 5) is 1.23. The van der Waals surface area contributed by atoms with Gasteiger partial charge in [-0.2, -0.15) is 0 Å². The van der Waals surface area contributed by atoms with E-state index in [2.05, 4.69) is 46.5 Å². The molecule has 2 nitrogen and oxygen atoms in total. The van der Waals surface area contributed by atoms with E-state index in [1.165, 1.54) is 16.0 Å². The monoisotopic (exact) mass is 344 g/mol. The van der Waals surface area contributed by atoms with E-state index in [4.69, 9.17) is 17.4 Å². The van der Waals surface area contributed by atoms with Crippen LogP contribution in [0.15, 0.2) is 34.8 Å². The molecular formula is C13H14BrClN2S. The van der Waals surface area contributed by atoms with Crippen molar-refractivity contribution in [3.05, 3.63) is 55.1 Å². The first-order valence-corrected chi connectivity index (χ1v) is 7.55. The van der Waals surface area contributed by atoms with Crippen LogP contribution in [0.2, 0.25) is 4.34 Å². The first kappa shape index (κ1) is 14.0. The Morgan fingerprint density at radius 1 is 1.39 bits per heavy atom. The summed E-state index contributed by atoms with van der Waals surface area (Å²) < 4.78 is 1.92. The predicted molar refractivity (Wildman–Crippen MR) is 82.0 cm³/mol. The van der Waals surface area contributed by atoms with E-state index >= 15 is 0 Å². The van der Waals surface area contributed by atoms with Gasteiger partial charge in [0.15, 0.2) is 0 Å². The molecule has 3 N–H and O–H groups in total. The third-order valence-corrected chi connectivity index (χ3v) is 4.96. The molecule has 5 heteroatoms. The second kappa shape index (κ2) is 6.17. The largest absolute Gasteiger partial charge is 0.271 e. The van der Waals surface area contributed by atoms with Gasteiger partial charge in [0.2, 0.25) is 0 Å². The topological polar surface area (TPSA) is 38.0 Å². The van der Waals surface area contributed by atoms with E-state index in [1.54, 1.807) is 11.3 Å². The highest BCUT2D eigenvalue weighted by molar-refractivity contribution is 9.10. The van der Waals surface area contributed by atoms with Gasteiger partial charge in [-0.3, -0.25) is 11.3 Å². The zero-order chi connectivity index (χ0) is 13.1. The van der Waals surface area contributed by atoms with E-state index in [0.29, 0.717) is 0 Å². The number of halogens is 2. The predicted octanol–water partition coefficient (Wildman–Crippen LogP) is 4.22. The van der Waals surface area contributed by atoms with Crippen LogP contribution in [0.3, 0.4) is 0 Å². The molecule has 0 aliphatic heterocycles. The third kappa shape index (κ3) is 3.33. The second-order valence-electron chi connectivity index (χ2n) is 4.14. The van der Waals surface area contributed by atoms with Gasteiger partial charge in [0.25, 0.3) is 0 Å². The summed E-state index contributed by atoms with van der Waals surface area (Å²) >= 11 is 11.0. The van der Waals surface area contributed by atoms with E-state index in [9.17, 15) is 0 Å². The summed E-state index contributed by atoms with van der Waals surface area (Å²) in [7, 11) is 0. The van der Waals surface area contributed by atoms with Gasteiger partial charge in [-0.15, -0.1) is 11.3 Å². The van der Waals surface area contributed by atoms with Crippen molar-refractivity contribution in [3.8, 4) is 0 Å². The first-order chi connectivity index (χ1) is 8.60. The van der Waals surface area contributed by atoms with Crippen molar-refractivity contribution in [2.45, 2.75) is 19.4 Å². The lowest BCUT2D eigenvalue weighted by molar-refractivity contribution is 0.555. The Labute approximate surface area is 124 Å². The van der Waals surface area contributed by atoms with Crippen LogP contribution < -0.4 is 11.3 Å². The summed E-state index contributed by atoms with van der Waals surface area (Å²) in [6.45, 7) is 2.07. The van der Waals surface area contributed by atoms with Crippen LogP contribution in [0.1, 0.15) is 22.0 Å². The Balaban J connectivity index is 2.19. The number of thiophene rings is 1. The van der Waals surface area contributed by atoms with Crippen LogP contribution >= 0.6 is 38.9 Å². The van der Waals surface area contributed by atoms with Crippen molar-refractivity contribution in [1.82, 2.24) is 5.43 Å². The van der Waals surface area contributed by atoms with Gasteiger partial charge in [0.1, 0.15) is 0 Å². The normalized spacial score (nSPS) is 12.7. The lowest BCUT2D eigenvalue weighted by Crippen LogP contribution is -2.29. The Morgan fingerprint density at radius 3 is 2.72 bits per heavy atom. The van der Waals surface area contributed by atoms with Gasteiger partial charge < -0.3 is 0 Å². The molecule has 0 saturated heterocycles. The Morgan fingerprint density at radius 2 is 2.17 bits per heavy atom. The summed E-state index contributed by atoms with van der Waals surface area (Å²) in [6.07, 6.45) is 0.842. The zero-order valence-corrected chi connectivity index (χ0v) is 13.1. The molecule has 0 radical (unpaired) electrons. The summed E-state index contributed by atoms with van der Waals surface area (Å²) in [5.41, 5.74) is 5.26. The van der Waals surface area contributed by atoms with Crippen molar-refractivity contribution in [3.63, 3.8) is 0 Å². The fourth-order valence-electron chi connectivity index (χ4n) is 1.82. The van der Waals surface area contributed by atoms with Gasteiger partial charge in [-0.25, -0.2) is 0 Å². The fraction of sp³-hybridized carbons (Fsp3) is 0.231. The maximum Gasteiger partial charge on any atom is 0.0931 e. The van der Waals surface area contributed by atoms with Crippen LogP contribution in [0.25, 0.3) is 0 Å². The molecule has 0 saturated carbocycles. The molecule has 96 valence electrons. The van der Waals surface area contributed by atoms with Crippen molar-refractivity contribution in [2.24, 2.45) is 5.84 Å². The average molecular weight is 346 g/mol. The molecule has 1 unspecified atom stereocenters. The van der Waals surface area contributed by atoms with Crippen LogP contribution in [-0.2, 0) is 6.42 Å². The molecule has 2 aromatic rings. The number of hydrazine groups is 1. The van der Waals surface area contributed by atoms with Crippen molar-refractivity contribution in [1.29, 1.82) is 0 Å². The molecule has 1 atom stereocenters. The van der Waals surface area contributed by atoms with Gasteiger partial charge in [0, 0.05) is 15.8 Å². The summed E-state index contributed by atoms with van der Waals surface area (Å²) in [5, 5.41) is 0. The maximum absolute atomic E-state index is 5.94. The van der Waals surface area contributed by atoms with Gasteiger partial charge in [-0.05, 0) is 36.2 Å². The molecule has 18 heavy (non-hydrogen) atoms. The average Bonchev–Trinajstić information content (AvgIpc) is 2.75. The highest BCUT2D eigenvalue weighted by atomic mass is 79.9. The minimum absolute atomic E-state index is 0.103. The lowest BCUT2D eigenvalue weighted by Gasteiger charge is -2.16. The Hall–Kier alpha value is -0.390. The number of aryl methyl sites for hydroxylation is 1. The van der Waals surface area contributed by atoms with E-state index in [0.717, 1.165) is 15.2 Å². The van der Waals surface area contributed by atoms with Crippen LogP contribution in [-0.4, -0.2) is 0 Å². The molecule has 0 fully saturated rings. The SMILES string of the molecule is Cc1cc(C(Cc2ccc(Cl)s2)NN)ccc1Br. The summed E-state index contributed by atoms with van der Waals surface area (Å²) in [5.74, 6) is 5.66. The zero-order valence-electron chi connectivity index (χ0n) is 9.91. The number of nitrogens with two attached hydrogens (primary N) is 1. The number of rotatable bonds is 4. The van der Waals surface area contributed by atoms with E-state index < -0.39 is 0 Å². The minimum Gasteiger partial charge on any atom is -0.271 e. The standard InChI is InChI=1S/C13H14BrClN2S/c1-8-6-9(2-4-11(8)14)12(17-16)7-10-3-5-13(15)18-10/h2-6,12,17H,7,16H2,1H3. The van der Waals surface area contributed by atoms with Gasteiger partial charge in [-0.1, -0.05) is 39.7 Å². The Bertz CT molecular complexity index is 542. The summed E-state index contributed by atoms with van der Waals surface area (Å²) in [6, 6.07) is 10.3. The lowest BCUT2D eigenvalue weighted by atomic mass is 10.0. The van der Waals surface area contributed by atoms with Gasteiger partial charge in [0.05, 0.1) is 10.4 Å². The molecule has 2 rings (SSSR count). The molecular weight excluding hydrogens is 332 g/mol.